The van der Waals surface area contributed by atoms with Crippen LogP contribution < -0.4 is 15.0 Å². The molecule has 1 aliphatic rings. The van der Waals surface area contributed by atoms with Crippen molar-refractivity contribution in [2.45, 2.75) is 25.7 Å². The van der Waals surface area contributed by atoms with Crippen molar-refractivity contribution in [3.8, 4) is 5.75 Å². The number of halogens is 3. The molecule has 0 aliphatic carbocycles. The van der Waals surface area contributed by atoms with Gasteiger partial charge in [0.25, 0.3) is 0 Å². The first kappa shape index (κ1) is 22.0. The molecule has 1 saturated heterocycles. The molecule has 1 fully saturated rings. The molecule has 0 saturated carbocycles. The predicted octanol–water partition coefficient (Wildman–Crippen LogP) is 3.54. The van der Waals surface area contributed by atoms with Crippen molar-refractivity contribution in [1.82, 2.24) is 10.2 Å². The third-order valence-electron chi connectivity index (χ3n) is 5.41. The fourth-order valence-electron chi connectivity index (χ4n) is 3.49. The Bertz CT molecular complexity index is 847. The summed E-state index contributed by atoms with van der Waals surface area (Å²) in [5.74, 6) is 0.690. The van der Waals surface area contributed by atoms with Crippen LogP contribution in [0, 0.1) is 0 Å². The maximum atomic E-state index is 12.9. The number of benzene rings is 2. The van der Waals surface area contributed by atoms with Gasteiger partial charge in [-0.2, -0.15) is 13.2 Å². The van der Waals surface area contributed by atoms with Crippen LogP contribution in [0.2, 0.25) is 0 Å². The largest absolute Gasteiger partial charge is 0.497 e. The summed E-state index contributed by atoms with van der Waals surface area (Å²) in [7, 11) is 1.60. The summed E-state index contributed by atoms with van der Waals surface area (Å²) in [6, 6.07) is 12.6. The molecule has 1 unspecified atom stereocenters. The Morgan fingerprint density at radius 3 is 2.37 bits per heavy atom. The van der Waals surface area contributed by atoms with Crippen LogP contribution in [0.25, 0.3) is 0 Å². The Labute approximate surface area is 174 Å². The number of nitrogens with zero attached hydrogens (tertiary/aromatic N) is 2. The van der Waals surface area contributed by atoms with Crippen molar-refractivity contribution in [2.75, 3.05) is 38.2 Å². The minimum absolute atomic E-state index is 0.0710. The number of methoxy groups -OCH3 is 1. The van der Waals surface area contributed by atoms with Gasteiger partial charge in [-0.15, -0.1) is 0 Å². The Kier molecular flexibility index (Phi) is 6.87. The number of rotatable bonds is 6. The van der Waals surface area contributed by atoms with Gasteiger partial charge < -0.3 is 15.0 Å². The Balaban J connectivity index is 1.50. The van der Waals surface area contributed by atoms with Crippen molar-refractivity contribution < 1.29 is 22.7 Å². The van der Waals surface area contributed by atoms with Crippen LogP contribution >= 0.6 is 0 Å². The number of amides is 1. The average Bonchev–Trinajstić information content (AvgIpc) is 2.77. The molecule has 2 aromatic carbocycles. The molecule has 2 aromatic rings. The summed E-state index contributed by atoms with van der Waals surface area (Å²) >= 11 is 0. The summed E-state index contributed by atoms with van der Waals surface area (Å²) in [6.07, 6.45) is -4.35. The van der Waals surface area contributed by atoms with Gasteiger partial charge in [0.2, 0.25) is 5.91 Å². The number of anilines is 1. The monoisotopic (exact) mass is 421 g/mol. The number of piperazine rings is 1. The second kappa shape index (κ2) is 9.38. The van der Waals surface area contributed by atoms with Gasteiger partial charge in [-0.3, -0.25) is 9.69 Å². The van der Waals surface area contributed by atoms with Crippen LogP contribution in [-0.4, -0.2) is 50.1 Å². The minimum atomic E-state index is -4.35. The maximum Gasteiger partial charge on any atom is 0.416 e. The van der Waals surface area contributed by atoms with E-state index in [0.29, 0.717) is 38.4 Å². The summed E-state index contributed by atoms with van der Waals surface area (Å²) in [4.78, 5) is 16.5. The zero-order valence-electron chi connectivity index (χ0n) is 17.1. The summed E-state index contributed by atoms with van der Waals surface area (Å²) in [6.45, 7) is 4.62. The number of hydrogen-bond acceptors (Lipinski definition) is 4. The van der Waals surface area contributed by atoms with Crippen LogP contribution in [-0.2, 0) is 17.5 Å². The SMILES string of the molecule is COc1ccc(CNC(=O)C(C)N2CCN(c3cccc(C(F)(F)F)c3)CC2)cc1. The summed E-state index contributed by atoms with van der Waals surface area (Å²) < 4.78 is 44.0. The van der Waals surface area contributed by atoms with Crippen LogP contribution in [0.4, 0.5) is 18.9 Å². The van der Waals surface area contributed by atoms with Crippen LogP contribution in [0.3, 0.4) is 0 Å². The molecule has 162 valence electrons. The van der Waals surface area contributed by atoms with Gasteiger partial charge in [-0.05, 0) is 42.8 Å². The van der Waals surface area contributed by atoms with E-state index in [4.69, 9.17) is 4.74 Å². The van der Waals surface area contributed by atoms with Gasteiger partial charge in [-0.1, -0.05) is 18.2 Å². The van der Waals surface area contributed by atoms with E-state index < -0.39 is 11.7 Å². The first-order chi connectivity index (χ1) is 14.3. The molecular weight excluding hydrogens is 395 g/mol. The number of carbonyl (C=O) groups excluding carboxylic acids is 1. The average molecular weight is 421 g/mol. The highest BCUT2D eigenvalue weighted by atomic mass is 19.4. The van der Waals surface area contributed by atoms with E-state index in [1.165, 1.54) is 12.1 Å². The first-order valence-electron chi connectivity index (χ1n) is 9.85. The van der Waals surface area contributed by atoms with Gasteiger partial charge in [-0.25, -0.2) is 0 Å². The molecule has 30 heavy (non-hydrogen) atoms. The molecule has 1 heterocycles. The highest BCUT2D eigenvalue weighted by Crippen LogP contribution is 2.32. The standard InChI is InChI=1S/C22H26F3N3O2/c1-16(21(29)26-15-17-6-8-20(30-2)9-7-17)27-10-12-28(13-11-27)19-5-3-4-18(14-19)22(23,24)25/h3-9,14,16H,10-13,15H2,1-2H3,(H,26,29). The second-order valence-electron chi connectivity index (χ2n) is 7.31. The number of ether oxygens (including phenoxy) is 1. The van der Waals surface area contributed by atoms with E-state index in [2.05, 4.69) is 5.32 Å². The number of alkyl halides is 3. The smallest absolute Gasteiger partial charge is 0.416 e. The lowest BCUT2D eigenvalue weighted by atomic mass is 10.1. The van der Waals surface area contributed by atoms with E-state index in [-0.39, 0.29) is 11.9 Å². The zero-order valence-corrected chi connectivity index (χ0v) is 17.1. The fraction of sp³-hybridized carbons (Fsp3) is 0.409. The molecular formula is C22H26F3N3O2. The number of nitrogens with one attached hydrogen (secondary N) is 1. The topological polar surface area (TPSA) is 44.8 Å². The Morgan fingerprint density at radius 1 is 1.10 bits per heavy atom. The molecule has 0 bridgehead atoms. The van der Waals surface area contributed by atoms with Crippen LogP contribution in [0.5, 0.6) is 5.75 Å². The Morgan fingerprint density at radius 2 is 1.77 bits per heavy atom. The van der Waals surface area contributed by atoms with Gasteiger partial charge in [0.15, 0.2) is 0 Å². The molecule has 5 nitrogen and oxygen atoms in total. The highest BCUT2D eigenvalue weighted by Gasteiger charge is 2.31. The van der Waals surface area contributed by atoms with Gasteiger partial charge >= 0.3 is 6.18 Å². The van der Waals surface area contributed by atoms with E-state index in [1.807, 2.05) is 41.0 Å². The quantitative estimate of drug-likeness (QED) is 0.775. The molecule has 1 amide bonds. The molecule has 3 rings (SSSR count). The molecule has 0 spiro atoms. The summed E-state index contributed by atoms with van der Waals surface area (Å²) in [5, 5.41) is 2.94. The minimum Gasteiger partial charge on any atom is -0.497 e. The summed E-state index contributed by atoms with van der Waals surface area (Å²) in [5.41, 5.74) is 0.889. The van der Waals surface area contributed by atoms with Gasteiger partial charge in [0.05, 0.1) is 18.7 Å². The first-order valence-corrected chi connectivity index (χ1v) is 9.85. The highest BCUT2D eigenvalue weighted by molar-refractivity contribution is 5.81. The molecule has 1 N–H and O–H groups in total. The van der Waals surface area contributed by atoms with E-state index >= 15 is 0 Å². The predicted molar refractivity (Wildman–Crippen MR) is 110 cm³/mol. The van der Waals surface area contributed by atoms with Crippen molar-refractivity contribution in [3.05, 3.63) is 59.7 Å². The van der Waals surface area contributed by atoms with Crippen LogP contribution in [0.1, 0.15) is 18.1 Å². The lowest BCUT2D eigenvalue weighted by Gasteiger charge is -2.38. The Hall–Kier alpha value is -2.74. The van der Waals surface area contributed by atoms with E-state index in [0.717, 1.165) is 17.4 Å². The molecule has 8 heteroatoms. The number of hydrogen-bond donors (Lipinski definition) is 1. The van der Waals surface area contributed by atoms with Crippen LogP contribution in [0.15, 0.2) is 48.5 Å². The zero-order chi connectivity index (χ0) is 21.7. The second-order valence-corrected chi connectivity index (χ2v) is 7.31. The lowest BCUT2D eigenvalue weighted by Crippen LogP contribution is -2.53. The van der Waals surface area contributed by atoms with Crippen molar-refractivity contribution in [3.63, 3.8) is 0 Å². The van der Waals surface area contributed by atoms with Crippen molar-refractivity contribution in [1.29, 1.82) is 0 Å². The lowest BCUT2D eigenvalue weighted by molar-refractivity contribution is -0.137. The number of carbonyl (C=O) groups is 1. The van der Waals surface area contributed by atoms with Gasteiger partial charge in [0.1, 0.15) is 5.75 Å². The van der Waals surface area contributed by atoms with E-state index in [9.17, 15) is 18.0 Å². The molecule has 1 atom stereocenters. The third kappa shape index (κ3) is 5.44. The molecule has 1 aliphatic heterocycles. The van der Waals surface area contributed by atoms with Crippen molar-refractivity contribution in [2.24, 2.45) is 0 Å². The molecule has 0 radical (unpaired) electrons. The maximum absolute atomic E-state index is 12.9. The van der Waals surface area contributed by atoms with Gasteiger partial charge in [0, 0.05) is 38.4 Å². The normalized spacial score (nSPS) is 16.2. The third-order valence-corrected chi connectivity index (χ3v) is 5.41. The molecule has 0 aromatic heterocycles. The fourth-order valence-corrected chi connectivity index (χ4v) is 3.49. The van der Waals surface area contributed by atoms with E-state index in [1.54, 1.807) is 13.2 Å². The van der Waals surface area contributed by atoms with Crippen molar-refractivity contribution >= 4 is 11.6 Å².